The predicted octanol–water partition coefficient (Wildman–Crippen LogP) is 1.94. The van der Waals surface area contributed by atoms with Crippen molar-refractivity contribution in [3.05, 3.63) is 27.3 Å². The molecule has 12 heavy (non-hydrogen) atoms. The summed E-state index contributed by atoms with van der Waals surface area (Å²) in [6, 6.07) is 6.64. The molecule has 0 fully saturated rings. The van der Waals surface area contributed by atoms with E-state index in [-0.39, 0.29) is 0 Å². The Labute approximate surface area is 85.4 Å². The zero-order valence-electron chi connectivity index (χ0n) is 6.80. The van der Waals surface area contributed by atoms with Crippen LogP contribution in [-0.4, -0.2) is 13.7 Å². The van der Waals surface area contributed by atoms with Gasteiger partial charge in [0.25, 0.3) is 0 Å². The Morgan fingerprint density at radius 1 is 1.58 bits per heavy atom. The summed E-state index contributed by atoms with van der Waals surface area (Å²) in [5.74, 6) is 1.02. The van der Waals surface area contributed by atoms with Gasteiger partial charge in [0.15, 0.2) is 0 Å². The Morgan fingerprint density at radius 2 is 2.42 bits per heavy atom. The van der Waals surface area contributed by atoms with Gasteiger partial charge in [0.1, 0.15) is 12.4 Å². The lowest BCUT2D eigenvalue weighted by Crippen LogP contribution is -2.17. The molecule has 1 unspecified atom stereocenters. The van der Waals surface area contributed by atoms with Crippen LogP contribution in [0.3, 0.4) is 0 Å². The monoisotopic (exact) mass is 275 g/mol. The molecule has 0 saturated heterocycles. The quantitative estimate of drug-likeness (QED) is 0.791. The first-order chi connectivity index (χ1) is 5.81. The van der Waals surface area contributed by atoms with E-state index < -0.39 is 0 Å². The SMILES string of the molecule is CNC1COc2ccc(I)cc21. The molecule has 0 saturated carbocycles. The lowest BCUT2D eigenvalue weighted by Gasteiger charge is -2.05. The molecule has 0 bridgehead atoms. The highest BCUT2D eigenvalue weighted by molar-refractivity contribution is 14.1. The number of ether oxygens (including phenoxy) is 1. The van der Waals surface area contributed by atoms with Crippen LogP contribution < -0.4 is 10.1 Å². The van der Waals surface area contributed by atoms with E-state index in [1.165, 1.54) is 9.13 Å². The molecule has 1 heterocycles. The first kappa shape index (κ1) is 8.31. The first-order valence-corrected chi connectivity index (χ1v) is 4.98. The molecular weight excluding hydrogens is 265 g/mol. The third kappa shape index (κ3) is 1.31. The molecule has 0 aliphatic carbocycles. The number of rotatable bonds is 1. The lowest BCUT2D eigenvalue weighted by atomic mass is 10.1. The summed E-state index contributed by atoms with van der Waals surface area (Å²) in [7, 11) is 1.96. The van der Waals surface area contributed by atoms with Gasteiger partial charge < -0.3 is 10.1 Å². The number of fused-ring (bicyclic) bond motifs is 1. The summed E-state index contributed by atoms with van der Waals surface area (Å²) in [5.41, 5.74) is 1.28. The summed E-state index contributed by atoms with van der Waals surface area (Å²) in [4.78, 5) is 0. The molecule has 1 aliphatic rings. The molecular formula is C9H10INO. The van der Waals surface area contributed by atoms with E-state index in [1.54, 1.807) is 0 Å². The van der Waals surface area contributed by atoms with Crippen LogP contribution in [0.4, 0.5) is 0 Å². The number of hydrogen-bond acceptors (Lipinski definition) is 2. The van der Waals surface area contributed by atoms with Gasteiger partial charge in [-0.05, 0) is 47.8 Å². The highest BCUT2D eigenvalue weighted by atomic mass is 127. The maximum atomic E-state index is 5.49. The standard InChI is InChI=1S/C9H10INO/c1-11-8-5-12-9-3-2-6(10)4-7(8)9/h2-4,8,11H,5H2,1H3. The summed E-state index contributed by atoms with van der Waals surface area (Å²) < 4.78 is 6.75. The van der Waals surface area contributed by atoms with E-state index in [0.29, 0.717) is 6.04 Å². The van der Waals surface area contributed by atoms with Crippen LogP contribution in [0.1, 0.15) is 11.6 Å². The third-order valence-corrected chi connectivity index (χ3v) is 2.77. The molecule has 1 aromatic carbocycles. The van der Waals surface area contributed by atoms with Crippen molar-refractivity contribution >= 4 is 22.6 Å². The average Bonchev–Trinajstić information content (AvgIpc) is 2.46. The van der Waals surface area contributed by atoms with E-state index in [0.717, 1.165) is 12.4 Å². The summed E-state index contributed by atoms with van der Waals surface area (Å²) in [6.45, 7) is 0.756. The van der Waals surface area contributed by atoms with E-state index in [4.69, 9.17) is 4.74 Å². The zero-order chi connectivity index (χ0) is 8.55. The second kappa shape index (κ2) is 3.22. The van der Waals surface area contributed by atoms with E-state index >= 15 is 0 Å². The summed E-state index contributed by atoms with van der Waals surface area (Å²) in [5, 5.41) is 3.22. The number of likely N-dealkylation sites (N-methyl/N-ethyl adjacent to an activating group) is 1. The van der Waals surface area contributed by atoms with Crippen molar-refractivity contribution in [2.45, 2.75) is 6.04 Å². The molecule has 0 radical (unpaired) electrons. The van der Waals surface area contributed by atoms with Crippen molar-refractivity contribution in [2.24, 2.45) is 0 Å². The molecule has 1 N–H and O–H groups in total. The fourth-order valence-corrected chi connectivity index (χ4v) is 1.94. The van der Waals surface area contributed by atoms with Gasteiger partial charge in [-0.25, -0.2) is 0 Å². The molecule has 1 aromatic rings. The van der Waals surface area contributed by atoms with Crippen LogP contribution in [0.2, 0.25) is 0 Å². The topological polar surface area (TPSA) is 21.3 Å². The first-order valence-electron chi connectivity index (χ1n) is 3.91. The Kier molecular flexibility index (Phi) is 2.23. The predicted molar refractivity (Wildman–Crippen MR) is 56.5 cm³/mol. The smallest absolute Gasteiger partial charge is 0.124 e. The van der Waals surface area contributed by atoms with Crippen LogP contribution in [0.25, 0.3) is 0 Å². The fourth-order valence-electron chi connectivity index (χ4n) is 1.42. The van der Waals surface area contributed by atoms with Gasteiger partial charge in [-0.1, -0.05) is 0 Å². The van der Waals surface area contributed by atoms with Crippen LogP contribution in [0.5, 0.6) is 5.75 Å². The minimum atomic E-state index is 0.370. The summed E-state index contributed by atoms with van der Waals surface area (Å²) >= 11 is 2.32. The van der Waals surface area contributed by atoms with Gasteiger partial charge in [0.2, 0.25) is 0 Å². The largest absolute Gasteiger partial charge is 0.491 e. The van der Waals surface area contributed by atoms with Crippen molar-refractivity contribution < 1.29 is 4.74 Å². The molecule has 0 amide bonds. The summed E-state index contributed by atoms with van der Waals surface area (Å²) in [6.07, 6.45) is 0. The van der Waals surface area contributed by atoms with Crippen molar-refractivity contribution in [3.63, 3.8) is 0 Å². The molecule has 3 heteroatoms. The van der Waals surface area contributed by atoms with Gasteiger partial charge in [-0.3, -0.25) is 0 Å². The molecule has 0 aromatic heterocycles. The van der Waals surface area contributed by atoms with Crippen molar-refractivity contribution in [3.8, 4) is 5.75 Å². The van der Waals surface area contributed by atoms with Crippen molar-refractivity contribution in [1.82, 2.24) is 5.32 Å². The zero-order valence-corrected chi connectivity index (χ0v) is 8.96. The average molecular weight is 275 g/mol. The van der Waals surface area contributed by atoms with Crippen LogP contribution in [0, 0.1) is 3.57 Å². The minimum Gasteiger partial charge on any atom is -0.491 e. The molecule has 0 spiro atoms. The Hall–Kier alpha value is -0.290. The van der Waals surface area contributed by atoms with Crippen molar-refractivity contribution in [1.29, 1.82) is 0 Å². The maximum Gasteiger partial charge on any atom is 0.124 e. The number of nitrogens with one attached hydrogen (secondary N) is 1. The van der Waals surface area contributed by atoms with Gasteiger partial charge in [0.05, 0.1) is 6.04 Å². The normalized spacial score (nSPS) is 20.3. The third-order valence-electron chi connectivity index (χ3n) is 2.10. The molecule has 64 valence electrons. The highest BCUT2D eigenvalue weighted by Crippen LogP contribution is 2.32. The van der Waals surface area contributed by atoms with Gasteiger partial charge in [-0.15, -0.1) is 0 Å². The Bertz CT molecular complexity index is 301. The van der Waals surface area contributed by atoms with Crippen LogP contribution >= 0.6 is 22.6 Å². The minimum absolute atomic E-state index is 0.370. The van der Waals surface area contributed by atoms with Gasteiger partial charge in [0, 0.05) is 9.13 Å². The lowest BCUT2D eigenvalue weighted by molar-refractivity contribution is 0.318. The number of halogens is 1. The Morgan fingerprint density at radius 3 is 3.17 bits per heavy atom. The maximum absolute atomic E-state index is 5.49. The van der Waals surface area contributed by atoms with E-state index in [2.05, 4.69) is 40.0 Å². The van der Waals surface area contributed by atoms with Crippen LogP contribution in [0.15, 0.2) is 18.2 Å². The Balaban J connectivity index is 2.42. The molecule has 2 nitrogen and oxygen atoms in total. The molecule has 1 aliphatic heterocycles. The van der Waals surface area contributed by atoms with Crippen LogP contribution in [-0.2, 0) is 0 Å². The number of hydrogen-bond donors (Lipinski definition) is 1. The fraction of sp³-hybridized carbons (Fsp3) is 0.333. The highest BCUT2D eigenvalue weighted by Gasteiger charge is 2.22. The molecule has 2 rings (SSSR count). The second-order valence-corrected chi connectivity index (χ2v) is 4.08. The van der Waals surface area contributed by atoms with Gasteiger partial charge >= 0.3 is 0 Å². The van der Waals surface area contributed by atoms with E-state index in [9.17, 15) is 0 Å². The second-order valence-electron chi connectivity index (χ2n) is 2.83. The van der Waals surface area contributed by atoms with E-state index in [1.807, 2.05) is 13.1 Å². The molecule has 1 atom stereocenters. The number of benzene rings is 1. The van der Waals surface area contributed by atoms with Gasteiger partial charge in [-0.2, -0.15) is 0 Å². The van der Waals surface area contributed by atoms with Crippen molar-refractivity contribution in [2.75, 3.05) is 13.7 Å².